The number of halogens is 1. The third-order valence-electron chi connectivity index (χ3n) is 5.88. The molecule has 0 spiro atoms. The van der Waals surface area contributed by atoms with Gasteiger partial charge in [-0.2, -0.15) is 0 Å². The summed E-state index contributed by atoms with van der Waals surface area (Å²) in [5.74, 6) is -0.363. The van der Waals surface area contributed by atoms with Gasteiger partial charge in [0.2, 0.25) is 0 Å². The van der Waals surface area contributed by atoms with Gasteiger partial charge in [0.15, 0.2) is 0 Å². The van der Waals surface area contributed by atoms with Crippen LogP contribution in [0.2, 0.25) is 5.02 Å². The summed E-state index contributed by atoms with van der Waals surface area (Å²) >= 11 is 6.09. The zero-order valence-electron chi connectivity index (χ0n) is 14.5. The lowest BCUT2D eigenvalue weighted by Gasteiger charge is -2.38. The minimum absolute atomic E-state index is 0.155. The van der Waals surface area contributed by atoms with E-state index in [0.29, 0.717) is 11.5 Å². The minimum atomic E-state index is -0.888. The van der Waals surface area contributed by atoms with Gasteiger partial charge in [-0.15, -0.1) is 0 Å². The summed E-state index contributed by atoms with van der Waals surface area (Å²) in [5.41, 5.74) is 6.29. The number of hydrogen-bond donors (Lipinski definition) is 2. The van der Waals surface area contributed by atoms with Crippen LogP contribution >= 0.6 is 11.6 Å². The van der Waals surface area contributed by atoms with E-state index >= 15 is 0 Å². The fourth-order valence-electron chi connectivity index (χ4n) is 4.69. The number of carboxylic acid groups (broad SMARTS) is 1. The molecule has 1 heterocycles. The maximum atomic E-state index is 11.5. The monoisotopic (exact) mass is 375 g/mol. The Morgan fingerprint density at radius 1 is 1.00 bits per heavy atom. The van der Waals surface area contributed by atoms with E-state index in [-0.39, 0.29) is 12.0 Å². The van der Waals surface area contributed by atoms with Gasteiger partial charge < -0.3 is 10.4 Å². The largest absolute Gasteiger partial charge is 0.478 e. The summed E-state index contributed by atoms with van der Waals surface area (Å²) in [5, 5.41) is 13.8. The molecule has 4 heteroatoms. The number of fused-ring (bicyclic) bond motifs is 5. The Labute approximate surface area is 162 Å². The maximum absolute atomic E-state index is 11.5. The van der Waals surface area contributed by atoms with Crippen LogP contribution in [-0.2, 0) is 6.42 Å². The lowest BCUT2D eigenvalue weighted by atomic mass is 9.75. The second-order valence-corrected chi connectivity index (χ2v) is 7.76. The lowest BCUT2D eigenvalue weighted by Crippen LogP contribution is -2.30. The molecule has 27 heavy (non-hydrogen) atoms. The molecule has 0 saturated carbocycles. The number of aromatic carboxylic acids is 1. The molecule has 0 radical (unpaired) electrons. The van der Waals surface area contributed by atoms with Gasteiger partial charge in [-0.1, -0.05) is 48.0 Å². The summed E-state index contributed by atoms with van der Waals surface area (Å²) in [7, 11) is 0. The zero-order valence-corrected chi connectivity index (χ0v) is 15.3. The highest BCUT2D eigenvalue weighted by Gasteiger charge is 2.43. The van der Waals surface area contributed by atoms with Crippen molar-refractivity contribution in [3.05, 3.63) is 99.6 Å². The molecular formula is C23H18ClNO2. The van der Waals surface area contributed by atoms with E-state index in [1.807, 2.05) is 24.3 Å². The standard InChI is InChI=1S/C23H18ClNO2/c24-16-8-5-13(6-9-16)22-19-11-14-3-1-2-4-17(14)21(19)18-12-15(23(26)27)7-10-20(18)25-22/h1-10,12,19,21-22,25H,11H2,(H,26,27)/t19-,21+,22+/m1/s1. The highest BCUT2D eigenvalue weighted by Crippen LogP contribution is 2.53. The molecule has 5 rings (SSSR count). The smallest absolute Gasteiger partial charge is 0.335 e. The molecule has 0 fully saturated rings. The van der Waals surface area contributed by atoms with Crippen LogP contribution in [-0.4, -0.2) is 11.1 Å². The number of nitrogens with one attached hydrogen (secondary N) is 1. The molecule has 1 aliphatic carbocycles. The van der Waals surface area contributed by atoms with Crippen molar-refractivity contribution in [1.82, 2.24) is 0 Å². The molecule has 2 N–H and O–H groups in total. The van der Waals surface area contributed by atoms with Crippen molar-refractivity contribution < 1.29 is 9.90 Å². The van der Waals surface area contributed by atoms with Gasteiger partial charge in [-0.25, -0.2) is 4.79 Å². The Bertz CT molecular complexity index is 1040. The Balaban J connectivity index is 1.68. The number of carbonyl (C=O) groups is 1. The first kappa shape index (κ1) is 16.4. The lowest BCUT2D eigenvalue weighted by molar-refractivity contribution is 0.0696. The molecule has 0 unspecified atom stereocenters. The van der Waals surface area contributed by atoms with Crippen LogP contribution in [0.25, 0.3) is 0 Å². The minimum Gasteiger partial charge on any atom is -0.478 e. The van der Waals surface area contributed by atoms with Crippen LogP contribution in [0.4, 0.5) is 5.69 Å². The van der Waals surface area contributed by atoms with Gasteiger partial charge in [-0.05, 0) is 64.9 Å². The van der Waals surface area contributed by atoms with Crippen LogP contribution in [0.1, 0.15) is 44.6 Å². The van der Waals surface area contributed by atoms with Gasteiger partial charge in [0, 0.05) is 16.6 Å². The van der Waals surface area contributed by atoms with Crippen molar-refractivity contribution in [2.24, 2.45) is 5.92 Å². The van der Waals surface area contributed by atoms with Crippen molar-refractivity contribution in [1.29, 1.82) is 0 Å². The maximum Gasteiger partial charge on any atom is 0.335 e. The van der Waals surface area contributed by atoms with Crippen LogP contribution in [0.5, 0.6) is 0 Å². The molecule has 3 aromatic rings. The number of carboxylic acids is 1. The third-order valence-corrected chi connectivity index (χ3v) is 6.13. The molecule has 134 valence electrons. The van der Waals surface area contributed by atoms with Crippen LogP contribution in [0.15, 0.2) is 66.7 Å². The molecule has 0 aromatic heterocycles. The molecule has 2 aliphatic rings. The Kier molecular flexibility index (Phi) is 3.73. The second-order valence-electron chi connectivity index (χ2n) is 7.33. The molecule has 1 aliphatic heterocycles. The summed E-state index contributed by atoms with van der Waals surface area (Å²) in [6, 6.07) is 22.1. The Hall–Kier alpha value is -2.78. The van der Waals surface area contributed by atoms with E-state index in [9.17, 15) is 9.90 Å². The van der Waals surface area contributed by atoms with E-state index < -0.39 is 5.97 Å². The quantitative estimate of drug-likeness (QED) is 0.621. The SMILES string of the molecule is O=C(O)c1ccc2c(c1)[C@@H]1c3ccccc3C[C@H]1[C@H](c1ccc(Cl)cc1)N2. The normalized spacial score (nSPS) is 22.3. The Morgan fingerprint density at radius 3 is 2.56 bits per heavy atom. The first-order valence-electron chi connectivity index (χ1n) is 9.09. The second kappa shape index (κ2) is 6.14. The highest BCUT2D eigenvalue weighted by atomic mass is 35.5. The summed E-state index contributed by atoms with van der Waals surface area (Å²) in [6.07, 6.45) is 0.970. The molecule has 0 saturated heterocycles. The first-order chi connectivity index (χ1) is 13.1. The molecule has 3 aromatic carbocycles. The van der Waals surface area contributed by atoms with Gasteiger partial charge >= 0.3 is 5.97 Å². The first-order valence-corrected chi connectivity index (χ1v) is 9.46. The zero-order chi connectivity index (χ0) is 18.5. The van der Waals surface area contributed by atoms with Crippen LogP contribution < -0.4 is 5.32 Å². The predicted octanol–water partition coefficient (Wildman–Crippen LogP) is 5.51. The highest BCUT2D eigenvalue weighted by molar-refractivity contribution is 6.30. The van der Waals surface area contributed by atoms with E-state index in [1.54, 1.807) is 6.07 Å². The van der Waals surface area contributed by atoms with Gasteiger partial charge in [0.1, 0.15) is 0 Å². The van der Waals surface area contributed by atoms with Gasteiger partial charge in [0.05, 0.1) is 11.6 Å². The molecular weight excluding hydrogens is 358 g/mol. The van der Waals surface area contributed by atoms with Crippen LogP contribution in [0, 0.1) is 5.92 Å². The fourth-order valence-corrected chi connectivity index (χ4v) is 4.82. The predicted molar refractivity (Wildman–Crippen MR) is 107 cm³/mol. The molecule has 3 nitrogen and oxygen atoms in total. The Morgan fingerprint density at radius 2 is 1.78 bits per heavy atom. The third kappa shape index (κ3) is 2.62. The number of hydrogen-bond acceptors (Lipinski definition) is 2. The summed E-state index contributed by atoms with van der Waals surface area (Å²) in [6.45, 7) is 0. The fraction of sp³-hybridized carbons (Fsp3) is 0.174. The summed E-state index contributed by atoms with van der Waals surface area (Å²) in [4.78, 5) is 11.5. The van der Waals surface area contributed by atoms with E-state index in [1.165, 1.54) is 16.7 Å². The van der Waals surface area contributed by atoms with Crippen LogP contribution in [0.3, 0.4) is 0 Å². The van der Waals surface area contributed by atoms with Crippen molar-refractivity contribution >= 4 is 23.3 Å². The van der Waals surface area contributed by atoms with Crippen molar-refractivity contribution in [2.45, 2.75) is 18.4 Å². The number of rotatable bonds is 2. The van der Waals surface area contributed by atoms with E-state index in [2.05, 4.69) is 41.7 Å². The molecule has 0 amide bonds. The molecule has 0 bridgehead atoms. The number of anilines is 1. The van der Waals surface area contributed by atoms with Crippen molar-refractivity contribution in [3.63, 3.8) is 0 Å². The van der Waals surface area contributed by atoms with E-state index in [0.717, 1.165) is 22.7 Å². The average molecular weight is 376 g/mol. The van der Waals surface area contributed by atoms with Gasteiger partial charge in [-0.3, -0.25) is 0 Å². The topological polar surface area (TPSA) is 49.3 Å². The molecule has 3 atom stereocenters. The van der Waals surface area contributed by atoms with Crippen molar-refractivity contribution in [3.8, 4) is 0 Å². The number of benzene rings is 3. The van der Waals surface area contributed by atoms with Crippen molar-refractivity contribution in [2.75, 3.05) is 5.32 Å². The van der Waals surface area contributed by atoms with E-state index in [4.69, 9.17) is 11.6 Å². The average Bonchev–Trinajstić information content (AvgIpc) is 3.07. The van der Waals surface area contributed by atoms with Gasteiger partial charge in [0.25, 0.3) is 0 Å². The summed E-state index contributed by atoms with van der Waals surface area (Å²) < 4.78 is 0.